The van der Waals surface area contributed by atoms with Gasteiger partial charge in [-0.05, 0) is 44.9 Å². The predicted octanol–water partition coefficient (Wildman–Crippen LogP) is 17.8. The number of hydrogen-bond acceptors (Lipinski definition) is 6. The fourth-order valence-corrected chi connectivity index (χ4v) is 8.14. The van der Waals surface area contributed by atoms with Gasteiger partial charge in [0.2, 0.25) is 0 Å². The number of carbonyl (C=O) groups is 3. The summed E-state index contributed by atoms with van der Waals surface area (Å²) in [7, 11) is 0. The first-order valence-electron chi connectivity index (χ1n) is 27.2. The quantitative estimate of drug-likeness (QED) is 0.0262. The van der Waals surface area contributed by atoms with E-state index in [0.29, 0.717) is 19.3 Å². The molecule has 0 aromatic carbocycles. The van der Waals surface area contributed by atoms with Crippen LogP contribution >= 0.6 is 0 Å². The third-order valence-corrected chi connectivity index (χ3v) is 12.3. The van der Waals surface area contributed by atoms with E-state index in [0.717, 1.165) is 57.8 Å². The molecule has 0 amide bonds. The Kier molecular flexibility index (Phi) is 49.3. The third kappa shape index (κ3) is 49.0. The lowest BCUT2D eigenvalue weighted by Crippen LogP contribution is -2.30. The van der Waals surface area contributed by atoms with Crippen LogP contribution in [-0.4, -0.2) is 37.2 Å². The van der Waals surface area contributed by atoms with Crippen molar-refractivity contribution in [2.45, 2.75) is 309 Å². The minimum Gasteiger partial charge on any atom is -0.462 e. The molecule has 0 heterocycles. The Bertz CT molecular complexity index is 947. The molecule has 0 aliphatic carbocycles. The van der Waals surface area contributed by atoms with Gasteiger partial charge in [-0.2, -0.15) is 0 Å². The Hall–Kier alpha value is -1.85. The molecule has 0 saturated carbocycles. The van der Waals surface area contributed by atoms with Crippen LogP contribution in [-0.2, 0) is 28.6 Å². The van der Waals surface area contributed by atoms with Crippen LogP contribution in [0, 0.1) is 0 Å². The smallest absolute Gasteiger partial charge is 0.306 e. The first-order chi connectivity index (χ1) is 30.0. The minimum absolute atomic E-state index is 0.0650. The maximum atomic E-state index is 12.8. The molecule has 0 unspecified atom stereocenters. The number of hydrogen-bond donors (Lipinski definition) is 0. The van der Waals surface area contributed by atoms with E-state index in [-0.39, 0.29) is 31.1 Å². The van der Waals surface area contributed by atoms with Gasteiger partial charge >= 0.3 is 17.9 Å². The lowest BCUT2D eigenvalue weighted by Gasteiger charge is -2.18. The molecule has 0 aromatic heterocycles. The summed E-state index contributed by atoms with van der Waals surface area (Å²) in [5, 5.41) is 0. The fraction of sp³-hybridized carbons (Fsp3) is 0.909. The molecule has 0 spiro atoms. The van der Waals surface area contributed by atoms with E-state index in [4.69, 9.17) is 14.2 Å². The second-order valence-corrected chi connectivity index (χ2v) is 18.5. The highest BCUT2D eigenvalue weighted by Gasteiger charge is 2.19. The molecular formula is C55H104O6. The highest BCUT2D eigenvalue weighted by atomic mass is 16.6. The standard InChI is InChI=1S/C55H104O6/c1-4-7-10-13-16-19-22-25-26-27-28-29-30-31-34-36-39-42-45-48-54(57)60-51-52(61-55(58)49-46-43-40-37-33-24-21-18-15-12-9-6-3)50-59-53(56)47-44-41-38-35-32-23-20-17-14-11-8-5-2/h25-26,52H,4-24,27-51H2,1-3H3/b26-25-/t52-/m0/s1. The molecule has 0 rings (SSSR count). The summed E-state index contributed by atoms with van der Waals surface area (Å²) in [4.78, 5) is 38.0. The van der Waals surface area contributed by atoms with Gasteiger partial charge in [0.25, 0.3) is 0 Å². The van der Waals surface area contributed by atoms with E-state index < -0.39 is 6.10 Å². The van der Waals surface area contributed by atoms with E-state index in [1.165, 1.54) is 205 Å². The average Bonchev–Trinajstić information content (AvgIpc) is 3.26. The Labute approximate surface area is 380 Å². The second-order valence-electron chi connectivity index (χ2n) is 18.5. The average molecular weight is 861 g/mol. The van der Waals surface area contributed by atoms with Crippen LogP contribution in [0.1, 0.15) is 303 Å². The molecule has 6 heteroatoms. The SMILES string of the molecule is CCCCCCCC/C=C\CCCCCCCCCCCC(=O)OC[C@H](COC(=O)CCCCCCCCCCCCCC)OC(=O)CCCCCCCCCCCCCC. The molecule has 6 nitrogen and oxygen atoms in total. The van der Waals surface area contributed by atoms with Gasteiger partial charge in [-0.15, -0.1) is 0 Å². The molecule has 0 fully saturated rings. The molecule has 0 aliphatic heterocycles. The zero-order chi connectivity index (χ0) is 44.4. The fourth-order valence-electron chi connectivity index (χ4n) is 8.14. The van der Waals surface area contributed by atoms with Crippen molar-refractivity contribution in [3.63, 3.8) is 0 Å². The summed E-state index contributed by atoms with van der Waals surface area (Å²) >= 11 is 0. The lowest BCUT2D eigenvalue weighted by atomic mass is 10.0. The Morgan fingerprint density at radius 2 is 0.541 bits per heavy atom. The van der Waals surface area contributed by atoms with E-state index in [1.807, 2.05) is 0 Å². The maximum absolute atomic E-state index is 12.8. The highest BCUT2D eigenvalue weighted by molar-refractivity contribution is 5.71. The summed E-state index contributed by atoms with van der Waals surface area (Å²) in [5.41, 5.74) is 0. The van der Waals surface area contributed by atoms with Crippen molar-refractivity contribution in [1.82, 2.24) is 0 Å². The van der Waals surface area contributed by atoms with Crippen LogP contribution in [0.5, 0.6) is 0 Å². The lowest BCUT2D eigenvalue weighted by molar-refractivity contribution is -0.167. The van der Waals surface area contributed by atoms with Crippen LogP contribution in [0.3, 0.4) is 0 Å². The van der Waals surface area contributed by atoms with Gasteiger partial charge < -0.3 is 14.2 Å². The first kappa shape index (κ1) is 59.1. The number of rotatable bonds is 50. The van der Waals surface area contributed by atoms with Gasteiger partial charge in [0, 0.05) is 19.3 Å². The Morgan fingerprint density at radius 1 is 0.311 bits per heavy atom. The van der Waals surface area contributed by atoms with Crippen molar-refractivity contribution >= 4 is 17.9 Å². The monoisotopic (exact) mass is 861 g/mol. The molecule has 0 saturated heterocycles. The molecule has 0 radical (unpaired) electrons. The van der Waals surface area contributed by atoms with Crippen LogP contribution in [0.4, 0.5) is 0 Å². The van der Waals surface area contributed by atoms with E-state index in [2.05, 4.69) is 32.9 Å². The van der Waals surface area contributed by atoms with Crippen LogP contribution in [0.2, 0.25) is 0 Å². The summed E-state index contributed by atoms with van der Waals surface area (Å²) < 4.78 is 16.8. The molecule has 1 atom stereocenters. The molecule has 0 aromatic rings. The molecule has 0 bridgehead atoms. The zero-order valence-electron chi connectivity index (χ0n) is 41.2. The summed E-state index contributed by atoms with van der Waals surface area (Å²) in [6.07, 6.45) is 56.2. The highest BCUT2D eigenvalue weighted by Crippen LogP contribution is 2.16. The van der Waals surface area contributed by atoms with Crippen LogP contribution < -0.4 is 0 Å². The van der Waals surface area contributed by atoms with Crippen molar-refractivity contribution < 1.29 is 28.6 Å². The Morgan fingerprint density at radius 3 is 0.820 bits per heavy atom. The van der Waals surface area contributed by atoms with Gasteiger partial charge in [-0.1, -0.05) is 251 Å². The zero-order valence-corrected chi connectivity index (χ0v) is 41.2. The minimum atomic E-state index is -0.763. The van der Waals surface area contributed by atoms with Crippen molar-refractivity contribution in [1.29, 1.82) is 0 Å². The largest absolute Gasteiger partial charge is 0.462 e. The van der Waals surface area contributed by atoms with Crippen molar-refractivity contribution in [3.8, 4) is 0 Å². The first-order valence-corrected chi connectivity index (χ1v) is 27.2. The van der Waals surface area contributed by atoms with Crippen LogP contribution in [0.25, 0.3) is 0 Å². The predicted molar refractivity (Wildman–Crippen MR) is 261 cm³/mol. The topological polar surface area (TPSA) is 78.9 Å². The van der Waals surface area contributed by atoms with Crippen molar-refractivity contribution in [3.05, 3.63) is 12.2 Å². The Balaban J connectivity index is 4.26. The second kappa shape index (κ2) is 50.8. The van der Waals surface area contributed by atoms with E-state index in [9.17, 15) is 14.4 Å². The number of ether oxygens (including phenoxy) is 3. The van der Waals surface area contributed by atoms with Crippen molar-refractivity contribution in [2.75, 3.05) is 13.2 Å². The van der Waals surface area contributed by atoms with Gasteiger partial charge in [-0.3, -0.25) is 14.4 Å². The number of esters is 3. The van der Waals surface area contributed by atoms with Gasteiger partial charge in [0.15, 0.2) is 6.10 Å². The molecular weight excluding hydrogens is 757 g/mol. The van der Waals surface area contributed by atoms with E-state index >= 15 is 0 Å². The summed E-state index contributed by atoms with van der Waals surface area (Å²) in [5.74, 6) is -0.849. The third-order valence-electron chi connectivity index (χ3n) is 12.3. The van der Waals surface area contributed by atoms with Crippen LogP contribution in [0.15, 0.2) is 12.2 Å². The molecule has 0 aliphatic rings. The normalized spacial score (nSPS) is 12.0. The number of carbonyl (C=O) groups excluding carboxylic acids is 3. The van der Waals surface area contributed by atoms with Gasteiger partial charge in [-0.25, -0.2) is 0 Å². The van der Waals surface area contributed by atoms with Gasteiger partial charge in [0.05, 0.1) is 0 Å². The van der Waals surface area contributed by atoms with E-state index in [1.54, 1.807) is 0 Å². The molecule has 0 N–H and O–H groups in total. The maximum Gasteiger partial charge on any atom is 0.306 e. The summed E-state index contributed by atoms with van der Waals surface area (Å²) in [6, 6.07) is 0. The molecule has 61 heavy (non-hydrogen) atoms. The molecule has 360 valence electrons. The van der Waals surface area contributed by atoms with Gasteiger partial charge in [0.1, 0.15) is 13.2 Å². The number of unbranched alkanes of at least 4 members (excludes halogenated alkanes) is 37. The van der Waals surface area contributed by atoms with Crippen molar-refractivity contribution in [2.24, 2.45) is 0 Å². The number of allylic oxidation sites excluding steroid dienone is 2. The summed E-state index contributed by atoms with van der Waals surface area (Å²) in [6.45, 7) is 6.67.